The van der Waals surface area contributed by atoms with E-state index in [0.29, 0.717) is 18.0 Å². The molecule has 3 rings (SSSR count). The van der Waals surface area contributed by atoms with Crippen LogP contribution in [0.2, 0.25) is 0 Å². The fourth-order valence-electron chi connectivity index (χ4n) is 2.75. The number of hydrogen-bond acceptors (Lipinski definition) is 3. The summed E-state index contributed by atoms with van der Waals surface area (Å²) in [7, 11) is 0. The van der Waals surface area contributed by atoms with E-state index in [0.717, 1.165) is 0 Å². The Morgan fingerprint density at radius 1 is 1.52 bits per heavy atom. The Morgan fingerprint density at radius 3 is 3.04 bits per heavy atom. The van der Waals surface area contributed by atoms with E-state index < -0.39 is 11.7 Å². The molecule has 7 heteroatoms. The van der Waals surface area contributed by atoms with E-state index in [4.69, 9.17) is 0 Å². The minimum absolute atomic E-state index is 0.118. The van der Waals surface area contributed by atoms with Gasteiger partial charge in [-0.2, -0.15) is 5.10 Å². The third-order valence-electron chi connectivity index (χ3n) is 3.96. The Bertz CT molecular complexity index is 756. The molecular formula is C16H19FN4O2. The van der Waals surface area contributed by atoms with Gasteiger partial charge in [-0.15, -0.1) is 0 Å². The first-order chi connectivity index (χ1) is 11.0. The molecule has 2 heterocycles. The largest absolute Gasteiger partial charge is 0.356 e. The van der Waals surface area contributed by atoms with E-state index in [1.54, 1.807) is 12.1 Å². The molecule has 2 aromatic rings. The lowest BCUT2D eigenvalue weighted by Gasteiger charge is -2.15. The highest BCUT2D eigenvalue weighted by molar-refractivity contribution is 6.05. The van der Waals surface area contributed by atoms with Crippen LogP contribution in [0.3, 0.4) is 0 Å². The predicted octanol–water partition coefficient (Wildman–Crippen LogP) is 1.83. The Labute approximate surface area is 133 Å². The number of carbonyl (C=O) groups is 2. The summed E-state index contributed by atoms with van der Waals surface area (Å²) >= 11 is 0. The average molecular weight is 318 g/mol. The normalized spacial score (nSPS) is 18.2. The van der Waals surface area contributed by atoms with Gasteiger partial charge in [-0.25, -0.2) is 4.39 Å². The van der Waals surface area contributed by atoms with Crippen LogP contribution in [0.1, 0.15) is 20.3 Å². The van der Waals surface area contributed by atoms with E-state index in [2.05, 4.69) is 15.5 Å². The summed E-state index contributed by atoms with van der Waals surface area (Å²) in [5, 5.41) is 9.91. The molecule has 2 amide bonds. The number of halogens is 1. The van der Waals surface area contributed by atoms with E-state index in [1.165, 1.54) is 11.0 Å². The van der Waals surface area contributed by atoms with Crippen LogP contribution in [0, 0.1) is 17.7 Å². The number of H-pyrrole nitrogens is 1. The van der Waals surface area contributed by atoms with Crippen molar-refractivity contribution in [1.29, 1.82) is 0 Å². The first-order valence-electron chi connectivity index (χ1n) is 7.68. The molecule has 122 valence electrons. The summed E-state index contributed by atoms with van der Waals surface area (Å²) in [4.78, 5) is 25.8. The molecule has 0 aliphatic carbocycles. The van der Waals surface area contributed by atoms with Crippen molar-refractivity contribution in [2.75, 3.05) is 18.0 Å². The molecule has 1 fully saturated rings. The number of nitrogens with zero attached hydrogens (tertiary/aromatic N) is 2. The first-order valence-corrected chi connectivity index (χ1v) is 7.68. The SMILES string of the molecule is CC(C)CNC(=O)C1CC(=O)N(c2n[nH]c3cccc(F)c23)C1. The lowest BCUT2D eigenvalue weighted by Crippen LogP contribution is -2.35. The molecule has 1 aliphatic rings. The van der Waals surface area contributed by atoms with E-state index >= 15 is 0 Å². The number of aromatic nitrogens is 2. The summed E-state index contributed by atoms with van der Waals surface area (Å²) in [5.74, 6) is -0.633. The molecule has 0 bridgehead atoms. The van der Waals surface area contributed by atoms with Gasteiger partial charge in [0.05, 0.1) is 16.8 Å². The third-order valence-corrected chi connectivity index (χ3v) is 3.96. The van der Waals surface area contributed by atoms with Gasteiger partial charge in [0.25, 0.3) is 0 Å². The number of hydrogen-bond donors (Lipinski definition) is 2. The fraction of sp³-hybridized carbons (Fsp3) is 0.438. The predicted molar refractivity (Wildman–Crippen MR) is 84.4 cm³/mol. The topological polar surface area (TPSA) is 78.1 Å². The Balaban J connectivity index is 1.81. The third kappa shape index (κ3) is 2.91. The molecule has 2 N–H and O–H groups in total. The molecular weight excluding hydrogens is 299 g/mol. The highest BCUT2D eigenvalue weighted by Crippen LogP contribution is 2.31. The molecule has 1 saturated heterocycles. The summed E-state index contributed by atoms with van der Waals surface area (Å²) in [6.07, 6.45) is 0.118. The fourth-order valence-corrected chi connectivity index (χ4v) is 2.75. The summed E-state index contributed by atoms with van der Waals surface area (Å²) in [6, 6.07) is 4.60. The Hall–Kier alpha value is -2.44. The number of carbonyl (C=O) groups excluding carboxylic acids is 2. The zero-order chi connectivity index (χ0) is 16.6. The van der Waals surface area contributed by atoms with Gasteiger partial charge in [-0.05, 0) is 18.1 Å². The zero-order valence-electron chi connectivity index (χ0n) is 13.1. The molecule has 0 spiro atoms. The highest BCUT2D eigenvalue weighted by atomic mass is 19.1. The second-order valence-electron chi connectivity index (χ2n) is 6.25. The van der Waals surface area contributed by atoms with Gasteiger partial charge < -0.3 is 5.32 Å². The van der Waals surface area contributed by atoms with E-state index in [1.807, 2.05) is 13.8 Å². The molecule has 6 nitrogen and oxygen atoms in total. The van der Waals surface area contributed by atoms with Gasteiger partial charge in [0, 0.05) is 19.5 Å². The lowest BCUT2D eigenvalue weighted by atomic mass is 10.1. The lowest BCUT2D eigenvalue weighted by molar-refractivity contribution is -0.126. The van der Waals surface area contributed by atoms with Gasteiger partial charge in [-0.3, -0.25) is 19.6 Å². The second-order valence-corrected chi connectivity index (χ2v) is 6.25. The van der Waals surface area contributed by atoms with Gasteiger partial charge >= 0.3 is 0 Å². The Morgan fingerprint density at radius 2 is 2.30 bits per heavy atom. The first kappa shape index (κ1) is 15.5. The van der Waals surface area contributed by atoms with Crippen LogP contribution in [-0.4, -0.2) is 35.1 Å². The van der Waals surface area contributed by atoms with Crippen molar-refractivity contribution < 1.29 is 14.0 Å². The Kier molecular flexibility index (Phi) is 4.02. The highest BCUT2D eigenvalue weighted by Gasteiger charge is 2.37. The molecule has 23 heavy (non-hydrogen) atoms. The van der Waals surface area contributed by atoms with Crippen molar-refractivity contribution in [3.05, 3.63) is 24.0 Å². The molecule has 1 unspecified atom stereocenters. The summed E-state index contributed by atoms with van der Waals surface area (Å²) < 4.78 is 14.0. The van der Waals surface area contributed by atoms with Crippen molar-refractivity contribution in [1.82, 2.24) is 15.5 Å². The minimum Gasteiger partial charge on any atom is -0.356 e. The van der Waals surface area contributed by atoms with Crippen LogP contribution in [0.5, 0.6) is 0 Å². The van der Waals surface area contributed by atoms with Crippen molar-refractivity contribution >= 4 is 28.5 Å². The zero-order valence-corrected chi connectivity index (χ0v) is 13.1. The van der Waals surface area contributed by atoms with Crippen LogP contribution in [0.25, 0.3) is 10.9 Å². The number of anilines is 1. The molecule has 1 aliphatic heterocycles. The van der Waals surface area contributed by atoms with Crippen molar-refractivity contribution in [3.8, 4) is 0 Å². The summed E-state index contributed by atoms with van der Waals surface area (Å²) in [5.41, 5.74) is 0.528. The van der Waals surface area contributed by atoms with Crippen LogP contribution >= 0.6 is 0 Å². The van der Waals surface area contributed by atoms with Crippen LogP contribution in [-0.2, 0) is 9.59 Å². The van der Waals surface area contributed by atoms with Gasteiger partial charge in [-0.1, -0.05) is 19.9 Å². The summed E-state index contributed by atoms with van der Waals surface area (Å²) in [6.45, 7) is 4.80. The van der Waals surface area contributed by atoms with Crippen molar-refractivity contribution in [3.63, 3.8) is 0 Å². The van der Waals surface area contributed by atoms with Crippen LogP contribution in [0.4, 0.5) is 10.2 Å². The smallest absolute Gasteiger partial charge is 0.229 e. The van der Waals surface area contributed by atoms with Gasteiger partial charge in [0.1, 0.15) is 5.82 Å². The molecule has 1 atom stereocenters. The number of benzene rings is 1. The van der Waals surface area contributed by atoms with E-state index in [9.17, 15) is 14.0 Å². The van der Waals surface area contributed by atoms with Crippen LogP contribution < -0.4 is 10.2 Å². The number of amides is 2. The standard InChI is InChI=1S/C16H19FN4O2/c1-9(2)7-18-16(23)10-6-13(22)21(8-10)15-14-11(17)4-3-5-12(14)19-20-15/h3-5,9-10H,6-8H2,1-2H3,(H,18,23)(H,19,20). The van der Waals surface area contributed by atoms with Gasteiger partial charge in [0.15, 0.2) is 5.82 Å². The maximum absolute atomic E-state index is 14.0. The quantitative estimate of drug-likeness (QED) is 0.903. The number of aromatic amines is 1. The molecule has 1 aromatic heterocycles. The number of fused-ring (bicyclic) bond motifs is 1. The maximum Gasteiger partial charge on any atom is 0.229 e. The average Bonchev–Trinajstić information content (AvgIpc) is 3.09. The molecule has 0 saturated carbocycles. The monoisotopic (exact) mass is 318 g/mol. The van der Waals surface area contributed by atoms with Crippen molar-refractivity contribution in [2.45, 2.75) is 20.3 Å². The van der Waals surface area contributed by atoms with Crippen LogP contribution in [0.15, 0.2) is 18.2 Å². The maximum atomic E-state index is 14.0. The number of nitrogens with one attached hydrogen (secondary N) is 2. The van der Waals surface area contributed by atoms with Gasteiger partial charge in [0.2, 0.25) is 11.8 Å². The van der Waals surface area contributed by atoms with E-state index in [-0.39, 0.29) is 36.0 Å². The minimum atomic E-state index is -0.438. The number of rotatable bonds is 4. The molecule has 0 radical (unpaired) electrons. The molecule has 1 aromatic carbocycles. The van der Waals surface area contributed by atoms with Crippen molar-refractivity contribution in [2.24, 2.45) is 11.8 Å². The second kappa shape index (κ2) is 5.98.